The fourth-order valence-corrected chi connectivity index (χ4v) is 10.3. The summed E-state index contributed by atoms with van der Waals surface area (Å²) in [4.78, 5) is 2.41. The molecule has 0 N–H and O–H groups in total. The van der Waals surface area contributed by atoms with E-state index < -0.39 is 0 Å². The van der Waals surface area contributed by atoms with E-state index in [2.05, 4.69) is 237 Å². The first kappa shape index (κ1) is 36.9. The molecule has 298 valence electrons. The van der Waals surface area contributed by atoms with Gasteiger partial charge in [0.1, 0.15) is 11.2 Å². The van der Waals surface area contributed by atoms with Gasteiger partial charge in [-0.1, -0.05) is 190 Å². The predicted molar refractivity (Wildman–Crippen MR) is 265 cm³/mol. The predicted octanol–water partition coefficient (Wildman–Crippen LogP) is 17.2. The summed E-state index contributed by atoms with van der Waals surface area (Å²) in [5.74, 6) is 0. The fourth-order valence-electron chi connectivity index (χ4n) is 10.3. The summed E-state index contributed by atoms with van der Waals surface area (Å²) < 4.78 is 6.41. The molecule has 0 amide bonds. The highest BCUT2D eigenvalue weighted by atomic mass is 16.3. The van der Waals surface area contributed by atoms with Crippen molar-refractivity contribution in [3.63, 3.8) is 0 Å². The molecule has 1 heterocycles. The molecule has 0 saturated carbocycles. The largest absolute Gasteiger partial charge is 0.456 e. The maximum Gasteiger partial charge on any atom is 0.136 e. The summed E-state index contributed by atoms with van der Waals surface area (Å²) in [5, 5.41) is 4.75. The Morgan fingerprint density at radius 2 is 0.921 bits per heavy atom. The summed E-state index contributed by atoms with van der Waals surface area (Å²) in [6, 6.07) is 81.6. The lowest BCUT2D eigenvalue weighted by molar-refractivity contribution is 0.662. The molecule has 63 heavy (non-hydrogen) atoms. The highest BCUT2D eigenvalue weighted by Crippen LogP contribution is 2.52. The first-order valence-corrected chi connectivity index (χ1v) is 21.8. The molecule has 1 aromatic heterocycles. The maximum atomic E-state index is 6.41. The molecule has 0 aliphatic heterocycles. The molecule has 1 aliphatic carbocycles. The van der Waals surface area contributed by atoms with Gasteiger partial charge in [0.2, 0.25) is 0 Å². The van der Waals surface area contributed by atoms with E-state index in [0.717, 1.165) is 50.1 Å². The molecule has 12 rings (SSSR count). The van der Waals surface area contributed by atoms with Crippen LogP contribution in [0.2, 0.25) is 0 Å². The minimum Gasteiger partial charge on any atom is -0.456 e. The minimum absolute atomic E-state index is 0.111. The molecule has 2 heteroatoms. The van der Waals surface area contributed by atoms with Crippen LogP contribution in [0.1, 0.15) is 25.0 Å². The Labute approximate surface area is 368 Å². The zero-order valence-electron chi connectivity index (χ0n) is 35.2. The molecule has 0 saturated heterocycles. The van der Waals surface area contributed by atoms with Crippen molar-refractivity contribution in [1.29, 1.82) is 0 Å². The van der Waals surface area contributed by atoms with E-state index in [1.54, 1.807) is 0 Å². The van der Waals surface area contributed by atoms with Gasteiger partial charge in [-0.3, -0.25) is 0 Å². The normalized spacial score (nSPS) is 12.7. The lowest BCUT2D eigenvalue weighted by Crippen LogP contribution is -2.16. The monoisotopic (exact) mass is 805 g/mol. The first-order chi connectivity index (χ1) is 31.0. The number of furan rings is 1. The SMILES string of the molecule is CC1(C)c2ccccc2-c2cccc(-c3ccc(N(c4ccc(-c5cccc(-c6cccc7ccccc67)c5)cc4)c4ccccc4-c4cccc5oc6ccccc6c45)cc3)c21. The van der Waals surface area contributed by atoms with E-state index in [-0.39, 0.29) is 5.41 Å². The highest BCUT2D eigenvalue weighted by molar-refractivity contribution is 6.14. The fraction of sp³-hybridized carbons (Fsp3) is 0.0492. The average Bonchev–Trinajstić information content (AvgIpc) is 3.84. The van der Waals surface area contributed by atoms with Gasteiger partial charge < -0.3 is 9.32 Å². The summed E-state index contributed by atoms with van der Waals surface area (Å²) in [6.07, 6.45) is 0. The molecule has 0 atom stereocenters. The molecule has 11 aromatic rings. The average molecular weight is 806 g/mol. The Morgan fingerprint density at radius 1 is 0.365 bits per heavy atom. The van der Waals surface area contributed by atoms with Gasteiger partial charge in [-0.15, -0.1) is 0 Å². The third kappa shape index (κ3) is 6.02. The van der Waals surface area contributed by atoms with Crippen LogP contribution in [0.25, 0.3) is 88.3 Å². The second kappa shape index (κ2) is 14.6. The van der Waals surface area contributed by atoms with Crippen molar-refractivity contribution in [2.75, 3.05) is 4.90 Å². The number of fused-ring (bicyclic) bond motifs is 7. The number of anilines is 3. The highest BCUT2D eigenvalue weighted by Gasteiger charge is 2.37. The smallest absolute Gasteiger partial charge is 0.136 e. The molecule has 0 unspecified atom stereocenters. The van der Waals surface area contributed by atoms with Gasteiger partial charge in [-0.05, 0) is 121 Å². The van der Waals surface area contributed by atoms with Crippen molar-refractivity contribution in [1.82, 2.24) is 0 Å². The van der Waals surface area contributed by atoms with E-state index in [4.69, 9.17) is 4.42 Å². The number of hydrogen-bond donors (Lipinski definition) is 0. The van der Waals surface area contributed by atoms with Gasteiger partial charge in [-0.2, -0.15) is 0 Å². The van der Waals surface area contributed by atoms with Gasteiger partial charge in [0.15, 0.2) is 0 Å². The second-order valence-corrected chi connectivity index (χ2v) is 17.2. The summed E-state index contributed by atoms with van der Waals surface area (Å²) in [7, 11) is 0. The van der Waals surface area contributed by atoms with E-state index in [9.17, 15) is 0 Å². The molecule has 1 aliphatic rings. The summed E-state index contributed by atoms with van der Waals surface area (Å²) >= 11 is 0. The quantitative estimate of drug-likeness (QED) is 0.160. The van der Waals surface area contributed by atoms with Crippen molar-refractivity contribution in [3.8, 4) is 55.6 Å². The zero-order chi connectivity index (χ0) is 42.1. The Morgan fingerprint density at radius 3 is 1.76 bits per heavy atom. The van der Waals surface area contributed by atoms with Crippen LogP contribution < -0.4 is 4.90 Å². The number of hydrogen-bond acceptors (Lipinski definition) is 2. The Kier molecular flexibility index (Phi) is 8.55. The molecule has 0 fully saturated rings. The van der Waals surface area contributed by atoms with Crippen LogP contribution in [-0.4, -0.2) is 0 Å². The number of nitrogens with zero attached hydrogens (tertiary/aromatic N) is 1. The van der Waals surface area contributed by atoms with Crippen LogP contribution in [0, 0.1) is 0 Å². The molecule has 0 radical (unpaired) electrons. The molecular formula is C61H43NO. The standard InChI is InChI=1S/C61H43NO/c1-61(2)55-27-8-5-20-50(55)53-26-13-24-49(60(53)61)42-33-37-46(38-34-42)62(56-28-9-6-21-51(56)52-25-14-30-58-59(52)54-22-7-10-29-57(54)63-58)45-35-31-40(32-36-45)43-17-11-18-44(39-43)48-23-12-16-41-15-3-4-19-47(41)48/h3-39H,1-2H3. The van der Waals surface area contributed by atoms with Crippen molar-refractivity contribution < 1.29 is 4.42 Å². The Balaban J connectivity index is 0.989. The van der Waals surface area contributed by atoms with E-state index in [1.165, 1.54) is 66.4 Å². The minimum atomic E-state index is -0.111. The summed E-state index contributed by atoms with van der Waals surface area (Å²) in [6.45, 7) is 4.73. The summed E-state index contributed by atoms with van der Waals surface area (Å²) in [5.41, 5.74) is 19.9. The number of para-hydroxylation sites is 2. The van der Waals surface area contributed by atoms with Gasteiger partial charge in [0.05, 0.1) is 5.69 Å². The van der Waals surface area contributed by atoms with Crippen LogP contribution >= 0.6 is 0 Å². The van der Waals surface area contributed by atoms with Crippen LogP contribution in [0.15, 0.2) is 229 Å². The van der Waals surface area contributed by atoms with Crippen molar-refractivity contribution in [2.24, 2.45) is 0 Å². The van der Waals surface area contributed by atoms with Crippen molar-refractivity contribution in [3.05, 3.63) is 236 Å². The second-order valence-electron chi connectivity index (χ2n) is 17.2. The van der Waals surface area contributed by atoms with E-state index in [1.807, 2.05) is 6.07 Å². The molecular weight excluding hydrogens is 763 g/mol. The van der Waals surface area contributed by atoms with Crippen LogP contribution in [0.3, 0.4) is 0 Å². The third-order valence-electron chi connectivity index (χ3n) is 13.3. The van der Waals surface area contributed by atoms with Gasteiger partial charge >= 0.3 is 0 Å². The van der Waals surface area contributed by atoms with Crippen LogP contribution in [0.5, 0.6) is 0 Å². The Hall–Kier alpha value is -7.94. The van der Waals surface area contributed by atoms with Crippen LogP contribution in [-0.2, 0) is 5.41 Å². The van der Waals surface area contributed by atoms with E-state index in [0.29, 0.717) is 0 Å². The molecule has 0 spiro atoms. The molecule has 2 nitrogen and oxygen atoms in total. The van der Waals surface area contributed by atoms with Crippen molar-refractivity contribution in [2.45, 2.75) is 19.3 Å². The van der Waals surface area contributed by atoms with E-state index >= 15 is 0 Å². The molecule has 10 aromatic carbocycles. The van der Waals surface area contributed by atoms with Gasteiger partial charge in [0.25, 0.3) is 0 Å². The topological polar surface area (TPSA) is 16.4 Å². The number of benzene rings is 10. The number of rotatable bonds is 7. The van der Waals surface area contributed by atoms with Crippen molar-refractivity contribution >= 4 is 49.8 Å². The lowest BCUT2D eigenvalue weighted by atomic mass is 9.79. The lowest BCUT2D eigenvalue weighted by Gasteiger charge is -2.29. The zero-order valence-corrected chi connectivity index (χ0v) is 35.2. The first-order valence-electron chi connectivity index (χ1n) is 21.8. The Bertz CT molecular complexity index is 3530. The van der Waals surface area contributed by atoms with Gasteiger partial charge in [-0.25, -0.2) is 0 Å². The van der Waals surface area contributed by atoms with Gasteiger partial charge in [0, 0.05) is 33.1 Å². The maximum absolute atomic E-state index is 6.41. The molecule has 0 bridgehead atoms. The third-order valence-corrected chi connectivity index (χ3v) is 13.3. The van der Waals surface area contributed by atoms with Crippen LogP contribution in [0.4, 0.5) is 17.1 Å².